The largest absolute Gasteiger partial charge is 0.491 e. The van der Waals surface area contributed by atoms with E-state index in [9.17, 15) is 4.79 Å². The number of amides is 1. The minimum absolute atomic E-state index is 0.0731. The van der Waals surface area contributed by atoms with E-state index in [4.69, 9.17) is 9.47 Å². The molecule has 1 amide bonds. The molecule has 1 heterocycles. The van der Waals surface area contributed by atoms with Crippen molar-refractivity contribution in [1.29, 1.82) is 0 Å². The van der Waals surface area contributed by atoms with E-state index in [1.54, 1.807) is 11.9 Å². The standard InChI is InChI=1S/C14H19NO3/c1-14(2,3)18-13(16)15(4)11-9-17-12-8-6-5-7-10(11)12/h5-8,11H,9H2,1-4H3. The van der Waals surface area contributed by atoms with Crippen LogP contribution in [0.2, 0.25) is 0 Å². The van der Waals surface area contributed by atoms with Crippen LogP contribution in [0.25, 0.3) is 0 Å². The fourth-order valence-electron chi connectivity index (χ4n) is 1.93. The maximum absolute atomic E-state index is 12.0. The topological polar surface area (TPSA) is 38.8 Å². The molecule has 18 heavy (non-hydrogen) atoms. The molecule has 0 N–H and O–H groups in total. The van der Waals surface area contributed by atoms with Crippen molar-refractivity contribution in [3.63, 3.8) is 0 Å². The first-order chi connectivity index (χ1) is 8.38. The predicted octanol–water partition coefficient (Wildman–Crippen LogP) is 2.99. The molecule has 1 aliphatic rings. The van der Waals surface area contributed by atoms with Crippen LogP contribution in [0.1, 0.15) is 32.4 Å². The molecule has 1 aliphatic heterocycles. The fourth-order valence-corrected chi connectivity index (χ4v) is 1.93. The zero-order valence-electron chi connectivity index (χ0n) is 11.3. The zero-order valence-corrected chi connectivity index (χ0v) is 11.3. The van der Waals surface area contributed by atoms with Gasteiger partial charge in [-0.2, -0.15) is 0 Å². The first-order valence-corrected chi connectivity index (χ1v) is 6.06. The third-order valence-corrected chi connectivity index (χ3v) is 2.82. The van der Waals surface area contributed by atoms with Crippen molar-refractivity contribution in [2.24, 2.45) is 0 Å². The molecule has 1 unspecified atom stereocenters. The van der Waals surface area contributed by atoms with E-state index in [1.165, 1.54) is 0 Å². The summed E-state index contributed by atoms with van der Waals surface area (Å²) >= 11 is 0. The molecule has 1 atom stereocenters. The number of hydrogen-bond donors (Lipinski definition) is 0. The van der Waals surface area contributed by atoms with E-state index in [1.807, 2.05) is 45.0 Å². The molecule has 0 spiro atoms. The number of fused-ring (bicyclic) bond motifs is 1. The second kappa shape index (κ2) is 4.52. The highest BCUT2D eigenvalue weighted by atomic mass is 16.6. The van der Waals surface area contributed by atoms with Gasteiger partial charge >= 0.3 is 6.09 Å². The average Bonchev–Trinajstić information content (AvgIpc) is 2.69. The number of ether oxygens (including phenoxy) is 2. The highest BCUT2D eigenvalue weighted by Crippen LogP contribution is 2.35. The lowest BCUT2D eigenvalue weighted by Crippen LogP contribution is -2.37. The Labute approximate surface area is 107 Å². The van der Waals surface area contributed by atoms with Gasteiger partial charge in [0, 0.05) is 12.6 Å². The van der Waals surface area contributed by atoms with Gasteiger partial charge in [-0.25, -0.2) is 4.79 Å². The zero-order chi connectivity index (χ0) is 13.3. The van der Waals surface area contributed by atoms with Crippen LogP contribution in [0.5, 0.6) is 5.75 Å². The van der Waals surface area contributed by atoms with E-state index in [-0.39, 0.29) is 12.1 Å². The summed E-state index contributed by atoms with van der Waals surface area (Å²) in [5, 5.41) is 0. The third kappa shape index (κ3) is 2.58. The van der Waals surface area contributed by atoms with Crippen molar-refractivity contribution >= 4 is 6.09 Å². The monoisotopic (exact) mass is 249 g/mol. The Bertz CT molecular complexity index is 451. The van der Waals surface area contributed by atoms with Crippen molar-refractivity contribution < 1.29 is 14.3 Å². The minimum atomic E-state index is -0.482. The summed E-state index contributed by atoms with van der Waals surface area (Å²) in [4.78, 5) is 13.6. The van der Waals surface area contributed by atoms with Crippen molar-refractivity contribution in [2.45, 2.75) is 32.4 Å². The SMILES string of the molecule is CN(C(=O)OC(C)(C)C)C1COc2ccccc21. The fraction of sp³-hybridized carbons (Fsp3) is 0.500. The van der Waals surface area contributed by atoms with Crippen LogP contribution in [0.3, 0.4) is 0 Å². The maximum Gasteiger partial charge on any atom is 0.410 e. The molecule has 0 fully saturated rings. The molecule has 0 bridgehead atoms. The number of carbonyl (C=O) groups is 1. The number of benzene rings is 1. The van der Waals surface area contributed by atoms with Gasteiger partial charge < -0.3 is 14.4 Å². The van der Waals surface area contributed by atoms with Crippen LogP contribution in [-0.2, 0) is 4.74 Å². The maximum atomic E-state index is 12.0. The second-order valence-electron chi connectivity index (χ2n) is 5.46. The van der Waals surface area contributed by atoms with Crippen LogP contribution in [-0.4, -0.2) is 30.2 Å². The van der Waals surface area contributed by atoms with E-state index >= 15 is 0 Å². The number of carbonyl (C=O) groups excluding carboxylic acids is 1. The molecule has 0 saturated carbocycles. The van der Waals surface area contributed by atoms with Crippen LogP contribution in [0.4, 0.5) is 4.79 Å². The number of hydrogen-bond acceptors (Lipinski definition) is 3. The Balaban J connectivity index is 2.12. The van der Waals surface area contributed by atoms with Crippen LogP contribution in [0.15, 0.2) is 24.3 Å². The summed E-state index contributed by atoms with van der Waals surface area (Å²) in [6.07, 6.45) is -0.326. The van der Waals surface area contributed by atoms with Crippen LogP contribution < -0.4 is 4.74 Å². The first kappa shape index (κ1) is 12.7. The number of likely N-dealkylation sites (N-methyl/N-ethyl adjacent to an activating group) is 1. The molecule has 4 heteroatoms. The normalized spacial score (nSPS) is 17.9. The van der Waals surface area contributed by atoms with Crippen LogP contribution in [0, 0.1) is 0 Å². The summed E-state index contributed by atoms with van der Waals surface area (Å²) in [6.45, 7) is 6.06. The molecule has 1 aromatic carbocycles. The third-order valence-electron chi connectivity index (χ3n) is 2.82. The van der Waals surface area contributed by atoms with Gasteiger partial charge in [0.2, 0.25) is 0 Å². The van der Waals surface area contributed by atoms with Crippen molar-refractivity contribution in [1.82, 2.24) is 4.90 Å². The highest BCUT2D eigenvalue weighted by Gasteiger charge is 2.32. The minimum Gasteiger partial charge on any atom is -0.491 e. The summed E-state index contributed by atoms with van der Waals surface area (Å²) in [5.41, 5.74) is 0.551. The lowest BCUT2D eigenvalue weighted by molar-refractivity contribution is 0.0201. The Kier molecular flexibility index (Phi) is 3.20. The van der Waals surface area contributed by atoms with E-state index in [0.717, 1.165) is 11.3 Å². The summed E-state index contributed by atoms with van der Waals surface area (Å²) in [7, 11) is 1.74. The Morgan fingerprint density at radius 3 is 2.72 bits per heavy atom. The highest BCUT2D eigenvalue weighted by molar-refractivity contribution is 5.69. The molecule has 0 aliphatic carbocycles. The molecular formula is C14H19NO3. The molecule has 0 saturated heterocycles. The van der Waals surface area contributed by atoms with Crippen molar-refractivity contribution in [3.8, 4) is 5.75 Å². The van der Waals surface area contributed by atoms with Crippen molar-refractivity contribution in [2.75, 3.05) is 13.7 Å². The van der Waals surface area contributed by atoms with Gasteiger partial charge in [-0.1, -0.05) is 18.2 Å². The number of para-hydroxylation sites is 1. The molecule has 4 nitrogen and oxygen atoms in total. The number of rotatable bonds is 1. The Morgan fingerprint density at radius 1 is 1.39 bits per heavy atom. The van der Waals surface area contributed by atoms with Gasteiger partial charge in [0.1, 0.15) is 18.0 Å². The van der Waals surface area contributed by atoms with Gasteiger partial charge in [-0.3, -0.25) is 0 Å². The summed E-state index contributed by atoms with van der Waals surface area (Å²) in [6, 6.07) is 7.70. The van der Waals surface area contributed by atoms with E-state index in [0.29, 0.717) is 6.61 Å². The smallest absolute Gasteiger partial charge is 0.410 e. The van der Waals surface area contributed by atoms with Gasteiger partial charge in [-0.05, 0) is 26.8 Å². The second-order valence-corrected chi connectivity index (χ2v) is 5.46. The molecular weight excluding hydrogens is 230 g/mol. The molecule has 0 aromatic heterocycles. The van der Waals surface area contributed by atoms with Gasteiger partial charge in [0.05, 0.1) is 6.04 Å². The Morgan fingerprint density at radius 2 is 2.06 bits per heavy atom. The lowest BCUT2D eigenvalue weighted by Gasteiger charge is -2.27. The van der Waals surface area contributed by atoms with Crippen LogP contribution >= 0.6 is 0 Å². The summed E-state index contributed by atoms with van der Waals surface area (Å²) in [5.74, 6) is 0.845. The lowest BCUT2D eigenvalue weighted by atomic mass is 10.1. The molecule has 0 radical (unpaired) electrons. The van der Waals surface area contributed by atoms with Gasteiger partial charge in [0.25, 0.3) is 0 Å². The quantitative estimate of drug-likeness (QED) is 0.768. The van der Waals surface area contributed by atoms with E-state index in [2.05, 4.69) is 0 Å². The molecule has 2 rings (SSSR count). The first-order valence-electron chi connectivity index (χ1n) is 6.06. The van der Waals surface area contributed by atoms with Gasteiger partial charge in [-0.15, -0.1) is 0 Å². The molecule has 1 aromatic rings. The Hall–Kier alpha value is -1.71. The predicted molar refractivity (Wildman–Crippen MR) is 68.7 cm³/mol. The summed E-state index contributed by atoms with van der Waals surface area (Å²) < 4.78 is 10.9. The van der Waals surface area contributed by atoms with Gasteiger partial charge in [0.15, 0.2) is 0 Å². The molecule has 98 valence electrons. The average molecular weight is 249 g/mol. The van der Waals surface area contributed by atoms with E-state index < -0.39 is 5.60 Å². The van der Waals surface area contributed by atoms with Crippen molar-refractivity contribution in [3.05, 3.63) is 29.8 Å². The number of nitrogens with zero attached hydrogens (tertiary/aromatic N) is 1.